The predicted octanol–water partition coefficient (Wildman–Crippen LogP) is 2.03. The maximum absolute atomic E-state index is 12.4. The molecular formula is C13H31NO4SSi. The second kappa shape index (κ2) is 9.40. The molecule has 0 aliphatic rings. The topological polar surface area (TPSA) is 65.0 Å². The molecule has 0 aliphatic heterocycles. The van der Waals surface area contributed by atoms with Crippen LogP contribution in [0.2, 0.25) is 25.7 Å². The molecule has 0 amide bonds. The summed E-state index contributed by atoms with van der Waals surface area (Å²) in [4.78, 5) is 0. The van der Waals surface area contributed by atoms with Gasteiger partial charge in [-0.25, -0.2) is 0 Å². The third-order valence-electron chi connectivity index (χ3n) is 2.57. The van der Waals surface area contributed by atoms with Crippen molar-refractivity contribution in [3.8, 4) is 0 Å². The van der Waals surface area contributed by atoms with Crippen molar-refractivity contribution in [3.63, 3.8) is 0 Å². The van der Waals surface area contributed by atoms with Gasteiger partial charge in [0.15, 0.2) is 0 Å². The Morgan fingerprint density at radius 3 is 2.20 bits per heavy atom. The Morgan fingerprint density at radius 2 is 1.75 bits per heavy atom. The van der Waals surface area contributed by atoms with E-state index in [9.17, 15) is 4.55 Å². The summed E-state index contributed by atoms with van der Waals surface area (Å²) in [5, 5.41) is 8.64. The minimum absolute atomic E-state index is 0.313. The largest absolute Gasteiger partial charge is 0.597 e. The molecule has 0 fully saturated rings. The van der Waals surface area contributed by atoms with E-state index < -0.39 is 19.4 Å². The average molecular weight is 326 g/mol. The molecule has 1 atom stereocenters. The third kappa shape index (κ3) is 10.1. The van der Waals surface area contributed by atoms with Crippen molar-refractivity contribution in [2.24, 2.45) is 0 Å². The Hall–Kier alpha value is 0.367. The molecule has 0 aromatic heterocycles. The van der Waals surface area contributed by atoms with Crippen LogP contribution in [0.25, 0.3) is 0 Å². The van der Waals surface area contributed by atoms with Crippen LogP contribution in [0.4, 0.5) is 0 Å². The lowest BCUT2D eigenvalue weighted by molar-refractivity contribution is -0.0131. The van der Waals surface area contributed by atoms with E-state index >= 15 is 0 Å². The molecule has 5 nitrogen and oxygen atoms in total. The predicted molar refractivity (Wildman–Crippen MR) is 86.6 cm³/mol. The van der Waals surface area contributed by atoms with Gasteiger partial charge in [0.1, 0.15) is 18.3 Å². The number of hydrogen-bond donors (Lipinski definition) is 1. The van der Waals surface area contributed by atoms with Crippen LogP contribution in [-0.2, 0) is 20.8 Å². The monoisotopic (exact) mass is 325 g/mol. The fourth-order valence-corrected chi connectivity index (χ4v) is 3.30. The van der Waals surface area contributed by atoms with Crippen molar-refractivity contribution in [2.75, 3.05) is 33.3 Å². The Morgan fingerprint density at radius 1 is 1.15 bits per heavy atom. The first-order valence-corrected chi connectivity index (χ1v) is 11.8. The van der Waals surface area contributed by atoms with E-state index in [1.165, 1.54) is 0 Å². The summed E-state index contributed by atoms with van der Waals surface area (Å²) in [7, 11) is -1.10. The highest BCUT2D eigenvalue weighted by molar-refractivity contribution is 7.90. The van der Waals surface area contributed by atoms with E-state index in [1.807, 2.05) is 20.8 Å². The van der Waals surface area contributed by atoms with Gasteiger partial charge in [-0.05, 0) is 26.8 Å². The van der Waals surface area contributed by atoms with Gasteiger partial charge in [0.05, 0.1) is 13.2 Å². The van der Waals surface area contributed by atoms with Gasteiger partial charge >= 0.3 is 0 Å². The Bertz CT molecular complexity index is 256. The summed E-state index contributed by atoms with van der Waals surface area (Å²) in [6, 6.07) is 1.09. The molecular weight excluding hydrogens is 294 g/mol. The van der Waals surface area contributed by atoms with Gasteiger partial charge in [-0.1, -0.05) is 23.9 Å². The first kappa shape index (κ1) is 20.4. The molecule has 0 saturated carbocycles. The molecule has 7 heteroatoms. The number of aliphatic hydroxyl groups excluding tert-OH is 1. The highest BCUT2D eigenvalue weighted by Gasteiger charge is 2.33. The van der Waals surface area contributed by atoms with E-state index in [-0.39, 0.29) is 11.5 Å². The average Bonchev–Trinajstić information content (AvgIpc) is 2.29. The van der Waals surface area contributed by atoms with Gasteiger partial charge in [0, 0.05) is 26.0 Å². The minimum Gasteiger partial charge on any atom is -0.597 e. The van der Waals surface area contributed by atoms with Crippen molar-refractivity contribution < 1.29 is 19.1 Å². The van der Waals surface area contributed by atoms with Crippen LogP contribution >= 0.6 is 0 Å². The SMILES string of the molecule is CC(C)(C)[S+]([O-])N(CCOCO)COCC[Si](C)(C)C. The lowest BCUT2D eigenvalue weighted by Gasteiger charge is -2.32. The van der Waals surface area contributed by atoms with E-state index in [0.29, 0.717) is 26.5 Å². The standard InChI is InChI=1S/C13H31NO4SSi/c1-13(2,3)19(16)14(7-8-18-12-15)11-17-9-10-20(4,5)6/h15H,7-12H2,1-6H3. The quantitative estimate of drug-likeness (QED) is 0.288. The zero-order chi connectivity index (χ0) is 15.8. The van der Waals surface area contributed by atoms with Crippen LogP contribution in [0.3, 0.4) is 0 Å². The molecule has 20 heavy (non-hydrogen) atoms. The van der Waals surface area contributed by atoms with Crippen LogP contribution in [0.15, 0.2) is 0 Å². The molecule has 1 unspecified atom stereocenters. The summed E-state index contributed by atoms with van der Waals surface area (Å²) in [6.07, 6.45) is 0. The lowest BCUT2D eigenvalue weighted by Crippen LogP contribution is -2.45. The number of ether oxygens (including phenoxy) is 2. The molecule has 0 bridgehead atoms. The zero-order valence-corrected chi connectivity index (χ0v) is 15.6. The first-order chi connectivity index (χ1) is 9.08. The Balaban J connectivity index is 4.24. The smallest absolute Gasteiger partial charge is 0.143 e. The zero-order valence-electron chi connectivity index (χ0n) is 13.8. The molecule has 0 radical (unpaired) electrons. The number of aliphatic hydroxyl groups is 1. The highest BCUT2D eigenvalue weighted by atomic mass is 32.2. The fourth-order valence-electron chi connectivity index (χ4n) is 1.36. The molecule has 0 aromatic carbocycles. The van der Waals surface area contributed by atoms with Gasteiger partial charge < -0.3 is 19.1 Å². The Kier molecular flexibility index (Phi) is 9.57. The molecule has 0 saturated heterocycles. The van der Waals surface area contributed by atoms with Crippen LogP contribution in [0, 0.1) is 0 Å². The molecule has 0 heterocycles. The van der Waals surface area contributed by atoms with Crippen LogP contribution in [-0.4, -0.2) is 60.1 Å². The van der Waals surface area contributed by atoms with E-state index in [4.69, 9.17) is 14.6 Å². The number of rotatable bonds is 10. The van der Waals surface area contributed by atoms with E-state index in [0.717, 1.165) is 6.04 Å². The Labute approximate surface area is 128 Å². The van der Waals surface area contributed by atoms with E-state index in [2.05, 4.69) is 19.6 Å². The number of nitrogens with zero attached hydrogens (tertiary/aromatic N) is 1. The van der Waals surface area contributed by atoms with Crippen molar-refractivity contribution in [1.82, 2.24) is 4.31 Å². The fraction of sp³-hybridized carbons (Fsp3) is 1.00. The molecule has 122 valence electrons. The van der Waals surface area contributed by atoms with Crippen molar-refractivity contribution in [2.45, 2.75) is 51.2 Å². The molecule has 0 aliphatic carbocycles. The summed E-state index contributed by atoms with van der Waals surface area (Å²) in [5.74, 6) is 0. The normalized spacial score (nSPS) is 14.8. The van der Waals surface area contributed by atoms with Gasteiger partial charge in [0.25, 0.3) is 0 Å². The van der Waals surface area contributed by atoms with Crippen LogP contribution < -0.4 is 0 Å². The van der Waals surface area contributed by atoms with Crippen molar-refractivity contribution >= 4 is 19.4 Å². The summed E-state index contributed by atoms with van der Waals surface area (Å²) in [6.45, 7) is 14.3. The number of hydrogen-bond acceptors (Lipinski definition) is 5. The summed E-state index contributed by atoms with van der Waals surface area (Å²) in [5.41, 5.74) is 0. The van der Waals surface area contributed by atoms with Crippen molar-refractivity contribution in [3.05, 3.63) is 0 Å². The second-order valence-electron chi connectivity index (χ2n) is 6.95. The molecule has 0 aromatic rings. The maximum atomic E-state index is 12.4. The highest BCUT2D eigenvalue weighted by Crippen LogP contribution is 2.20. The molecule has 1 N–H and O–H groups in total. The summed E-state index contributed by atoms with van der Waals surface area (Å²) < 4.78 is 24.4. The molecule has 0 rings (SSSR count). The van der Waals surface area contributed by atoms with Gasteiger partial charge in [0.2, 0.25) is 0 Å². The lowest BCUT2D eigenvalue weighted by atomic mass is 10.3. The summed E-state index contributed by atoms with van der Waals surface area (Å²) >= 11 is -1.15. The third-order valence-corrected chi connectivity index (χ3v) is 6.08. The van der Waals surface area contributed by atoms with Gasteiger partial charge in [-0.3, -0.25) is 0 Å². The van der Waals surface area contributed by atoms with Crippen molar-refractivity contribution in [1.29, 1.82) is 0 Å². The van der Waals surface area contributed by atoms with Gasteiger partial charge in [-0.15, -0.1) is 0 Å². The van der Waals surface area contributed by atoms with Crippen LogP contribution in [0.5, 0.6) is 0 Å². The maximum Gasteiger partial charge on any atom is 0.143 e. The minimum atomic E-state index is -1.15. The second-order valence-corrected chi connectivity index (χ2v) is 14.8. The van der Waals surface area contributed by atoms with Crippen LogP contribution in [0.1, 0.15) is 20.8 Å². The first-order valence-electron chi connectivity index (χ1n) is 7.01. The van der Waals surface area contributed by atoms with Gasteiger partial charge in [-0.2, -0.15) is 0 Å². The van der Waals surface area contributed by atoms with E-state index in [1.54, 1.807) is 4.31 Å². The molecule has 0 spiro atoms.